The number of hydrogen-bond acceptors (Lipinski definition) is 3. The summed E-state index contributed by atoms with van der Waals surface area (Å²) in [5.74, 6) is -10.9. The molecule has 0 aliphatic heterocycles. The Balaban J connectivity index is 1.34. The van der Waals surface area contributed by atoms with Crippen LogP contribution in [-0.2, 0) is 6.11 Å². The van der Waals surface area contributed by atoms with Crippen molar-refractivity contribution in [2.45, 2.75) is 13.0 Å². The summed E-state index contributed by atoms with van der Waals surface area (Å²) >= 11 is 1.40. The zero-order chi connectivity index (χ0) is 29.9. The molecule has 0 unspecified atom stereocenters. The molecular weight excluding hydrogens is 586 g/mol. The summed E-state index contributed by atoms with van der Waals surface area (Å²) in [7, 11) is 0. The van der Waals surface area contributed by atoms with E-state index in [-0.39, 0.29) is 28.6 Å². The molecule has 6 rings (SSSR count). The lowest BCUT2D eigenvalue weighted by atomic mass is 9.97. The minimum Gasteiger partial charge on any atom is -0.429 e. The summed E-state index contributed by atoms with van der Waals surface area (Å²) in [6.45, 7) is 1.95. The van der Waals surface area contributed by atoms with Crippen molar-refractivity contribution in [1.29, 1.82) is 0 Å². The minimum atomic E-state index is -4.74. The van der Waals surface area contributed by atoms with Crippen molar-refractivity contribution in [3.8, 4) is 27.4 Å². The van der Waals surface area contributed by atoms with Gasteiger partial charge in [-0.1, -0.05) is 30.3 Å². The van der Waals surface area contributed by atoms with Crippen molar-refractivity contribution in [3.63, 3.8) is 0 Å². The number of halogens is 8. The van der Waals surface area contributed by atoms with E-state index in [1.807, 2.05) is 25.1 Å². The van der Waals surface area contributed by atoms with Gasteiger partial charge in [0.05, 0.1) is 10.2 Å². The van der Waals surface area contributed by atoms with Crippen LogP contribution in [0.4, 0.5) is 35.1 Å². The van der Waals surface area contributed by atoms with Crippen LogP contribution < -0.4 is 4.74 Å². The predicted octanol–water partition coefficient (Wildman–Crippen LogP) is 10.1. The number of hydrogen-bond donors (Lipinski definition) is 0. The minimum absolute atomic E-state index is 0.0940. The number of aromatic nitrogens is 1. The lowest BCUT2D eigenvalue weighted by molar-refractivity contribution is -0.189. The third kappa shape index (κ3) is 4.83. The van der Waals surface area contributed by atoms with Gasteiger partial charge in [0.15, 0.2) is 17.5 Å². The molecule has 0 N–H and O–H groups in total. The van der Waals surface area contributed by atoms with Gasteiger partial charge < -0.3 is 4.74 Å². The normalized spacial score (nSPS) is 11.9. The number of fused-ring (bicyclic) bond motifs is 2. The van der Waals surface area contributed by atoms with Crippen LogP contribution >= 0.6 is 11.3 Å². The smallest absolute Gasteiger partial charge is 0.429 e. The topological polar surface area (TPSA) is 22.1 Å². The summed E-state index contributed by atoms with van der Waals surface area (Å²) in [5.41, 5.74) is 0.853. The van der Waals surface area contributed by atoms with Gasteiger partial charge in [-0.25, -0.2) is 31.3 Å². The Morgan fingerprint density at radius 1 is 0.690 bits per heavy atom. The molecular formula is C31H15F8NOS. The van der Waals surface area contributed by atoms with Crippen molar-refractivity contribution in [3.05, 3.63) is 119 Å². The van der Waals surface area contributed by atoms with Gasteiger partial charge >= 0.3 is 6.11 Å². The highest BCUT2D eigenvalue weighted by Crippen LogP contribution is 2.40. The molecule has 42 heavy (non-hydrogen) atoms. The standard InChI is InChI=1S/C31H15F8NOS/c1-14-2-7-25-26(8-14)42-30(40-25)16-4-5-19(21(32)10-16)15-3-6-20-17(9-15)11-22(33)27(28(20)36)31(38,39)41-18-12-23(34)29(37)24(35)13-18/h2-13H,1H3. The highest BCUT2D eigenvalue weighted by Gasteiger charge is 2.42. The summed E-state index contributed by atoms with van der Waals surface area (Å²) in [4.78, 5) is 4.54. The molecule has 1 heterocycles. The van der Waals surface area contributed by atoms with Crippen LogP contribution in [0.25, 0.3) is 42.7 Å². The lowest BCUT2D eigenvalue weighted by Crippen LogP contribution is -2.25. The second kappa shape index (κ2) is 10.1. The molecule has 0 saturated carbocycles. The van der Waals surface area contributed by atoms with E-state index in [9.17, 15) is 26.3 Å². The first kappa shape index (κ1) is 27.6. The number of ether oxygens (including phenoxy) is 1. The van der Waals surface area contributed by atoms with Crippen molar-refractivity contribution in [2.75, 3.05) is 0 Å². The number of alkyl halides is 2. The SMILES string of the molecule is Cc1ccc2nc(-c3ccc(-c4ccc5c(F)c(C(F)(F)Oc6cc(F)c(F)c(F)c6)c(F)cc5c4)c(F)c3)sc2c1. The molecule has 212 valence electrons. The number of aryl methyl sites for hydroxylation is 1. The molecule has 0 saturated heterocycles. The van der Waals surface area contributed by atoms with Crippen LogP contribution in [0.2, 0.25) is 0 Å². The molecule has 0 bridgehead atoms. The Kier molecular flexibility index (Phi) is 6.64. The summed E-state index contributed by atoms with van der Waals surface area (Å²) in [6, 6.07) is 14.6. The Bertz CT molecular complexity index is 2020. The van der Waals surface area contributed by atoms with Gasteiger partial charge in [-0.05, 0) is 53.8 Å². The van der Waals surface area contributed by atoms with Crippen LogP contribution in [0.3, 0.4) is 0 Å². The van der Waals surface area contributed by atoms with E-state index in [0.717, 1.165) is 21.8 Å². The van der Waals surface area contributed by atoms with Crippen LogP contribution in [0.15, 0.2) is 72.8 Å². The molecule has 0 spiro atoms. The first-order chi connectivity index (χ1) is 19.9. The molecule has 0 aliphatic carbocycles. The summed E-state index contributed by atoms with van der Waals surface area (Å²) in [5, 5.41) is -0.00637. The second-order valence-electron chi connectivity index (χ2n) is 9.49. The predicted molar refractivity (Wildman–Crippen MR) is 143 cm³/mol. The molecule has 0 fully saturated rings. The van der Waals surface area contributed by atoms with Crippen LogP contribution in [0, 0.1) is 41.8 Å². The van der Waals surface area contributed by atoms with E-state index in [2.05, 4.69) is 9.72 Å². The van der Waals surface area contributed by atoms with Gasteiger partial charge in [0, 0.05) is 28.6 Å². The molecule has 0 aliphatic rings. The monoisotopic (exact) mass is 601 g/mol. The maximum atomic E-state index is 15.2. The van der Waals surface area contributed by atoms with Crippen LogP contribution in [0.1, 0.15) is 11.1 Å². The molecule has 0 amide bonds. The van der Waals surface area contributed by atoms with E-state index in [1.165, 1.54) is 35.6 Å². The van der Waals surface area contributed by atoms with E-state index < -0.39 is 57.7 Å². The average molecular weight is 602 g/mol. The zero-order valence-electron chi connectivity index (χ0n) is 21.2. The third-order valence-electron chi connectivity index (χ3n) is 6.59. The molecule has 1 aromatic heterocycles. The van der Waals surface area contributed by atoms with E-state index in [4.69, 9.17) is 0 Å². The van der Waals surface area contributed by atoms with Gasteiger partial charge in [-0.3, -0.25) is 0 Å². The summed E-state index contributed by atoms with van der Waals surface area (Å²) in [6.07, 6.45) is -4.74. The average Bonchev–Trinajstić information content (AvgIpc) is 3.34. The highest BCUT2D eigenvalue weighted by atomic mass is 32.1. The Morgan fingerprint density at radius 2 is 1.40 bits per heavy atom. The first-order valence-corrected chi connectivity index (χ1v) is 13.0. The second-order valence-corrected chi connectivity index (χ2v) is 10.5. The number of rotatable bonds is 5. The van der Waals surface area contributed by atoms with E-state index in [0.29, 0.717) is 16.6 Å². The number of nitrogens with zero attached hydrogens (tertiary/aromatic N) is 1. The van der Waals surface area contributed by atoms with E-state index in [1.54, 1.807) is 6.07 Å². The van der Waals surface area contributed by atoms with Gasteiger partial charge in [-0.15, -0.1) is 11.3 Å². The molecule has 0 radical (unpaired) electrons. The fourth-order valence-corrected chi connectivity index (χ4v) is 5.65. The maximum Gasteiger partial charge on any atom is 0.432 e. The quantitative estimate of drug-likeness (QED) is 0.145. The number of benzene rings is 5. The Labute approximate surface area is 236 Å². The molecule has 11 heteroatoms. The Morgan fingerprint density at radius 3 is 2.12 bits per heavy atom. The van der Waals surface area contributed by atoms with Crippen molar-refractivity contribution in [2.24, 2.45) is 0 Å². The third-order valence-corrected chi connectivity index (χ3v) is 7.66. The van der Waals surface area contributed by atoms with Crippen molar-refractivity contribution in [1.82, 2.24) is 4.98 Å². The zero-order valence-corrected chi connectivity index (χ0v) is 22.0. The fraction of sp³-hybridized carbons (Fsp3) is 0.0645. The van der Waals surface area contributed by atoms with Crippen molar-refractivity contribution < 1.29 is 39.9 Å². The molecule has 5 aromatic carbocycles. The van der Waals surface area contributed by atoms with Crippen molar-refractivity contribution >= 4 is 32.3 Å². The fourth-order valence-electron chi connectivity index (χ4n) is 4.59. The van der Waals surface area contributed by atoms with Gasteiger partial charge in [0.2, 0.25) is 0 Å². The largest absolute Gasteiger partial charge is 0.432 e. The number of thiazole rings is 1. The molecule has 6 aromatic rings. The molecule has 2 nitrogen and oxygen atoms in total. The van der Waals surface area contributed by atoms with Gasteiger partial charge in [0.25, 0.3) is 0 Å². The lowest BCUT2D eigenvalue weighted by Gasteiger charge is -2.20. The van der Waals surface area contributed by atoms with Crippen LogP contribution in [-0.4, -0.2) is 4.98 Å². The van der Waals surface area contributed by atoms with Gasteiger partial charge in [-0.2, -0.15) is 8.78 Å². The molecule has 0 atom stereocenters. The first-order valence-electron chi connectivity index (χ1n) is 12.2. The van der Waals surface area contributed by atoms with Gasteiger partial charge in [0.1, 0.15) is 33.8 Å². The van der Waals surface area contributed by atoms with E-state index >= 15 is 8.78 Å². The highest BCUT2D eigenvalue weighted by molar-refractivity contribution is 7.21. The Hall–Kier alpha value is -4.51. The maximum absolute atomic E-state index is 15.2. The summed E-state index contributed by atoms with van der Waals surface area (Å²) < 4.78 is 120. The van der Waals surface area contributed by atoms with Crippen LogP contribution in [0.5, 0.6) is 5.75 Å².